The highest BCUT2D eigenvalue weighted by molar-refractivity contribution is 14.1. The van der Waals surface area contributed by atoms with Gasteiger partial charge < -0.3 is 15.8 Å². The molecule has 1 unspecified atom stereocenters. The Labute approximate surface area is 165 Å². The molecule has 0 bridgehead atoms. The Morgan fingerprint density at radius 1 is 1.32 bits per heavy atom. The molecule has 1 saturated carbocycles. The van der Waals surface area contributed by atoms with E-state index < -0.39 is 6.10 Å². The second kappa shape index (κ2) is 9.88. The van der Waals surface area contributed by atoms with Gasteiger partial charge in [-0.25, -0.2) is 0 Å². The number of halogens is 1. The molecule has 1 aliphatic rings. The highest BCUT2D eigenvalue weighted by atomic mass is 127. The van der Waals surface area contributed by atoms with E-state index in [0.29, 0.717) is 5.92 Å². The smallest absolute Gasteiger partial charge is 0.255 e. The Hall–Kier alpha value is -0.660. The summed E-state index contributed by atoms with van der Waals surface area (Å²) in [5, 5.41) is 3.01. The Balaban J connectivity index is 2.04. The van der Waals surface area contributed by atoms with Crippen LogP contribution in [-0.2, 0) is 9.53 Å². The van der Waals surface area contributed by atoms with Gasteiger partial charge in [0, 0.05) is 15.3 Å². The first-order valence-corrected chi connectivity index (χ1v) is 10.4. The molecule has 1 aromatic rings. The number of amides is 1. The molecular formula is C20H31IN2O2. The lowest BCUT2D eigenvalue weighted by molar-refractivity contribution is -0.132. The molecule has 0 saturated heterocycles. The van der Waals surface area contributed by atoms with Crippen LogP contribution in [0.1, 0.15) is 57.9 Å². The van der Waals surface area contributed by atoms with Crippen LogP contribution in [-0.4, -0.2) is 24.2 Å². The van der Waals surface area contributed by atoms with Crippen LogP contribution < -0.4 is 11.1 Å². The molecule has 0 heterocycles. The summed E-state index contributed by atoms with van der Waals surface area (Å²) in [4.78, 5) is 12.9. The summed E-state index contributed by atoms with van der Waals surface area (Å²) in [7, 11) is 0. The Kier molecular flexibility index (Phi) is 8.16. The third kappa shape index (κ3) is 6.53. The molecule has 0 aromatic heterocycles. The Bertz CT molecular complexity index is 571. The average molecular weight is 458 g/mol. The van der Waals surface area contributed by atoms with Crippen LogP contribution in [0.2, 0.25) is 0 Å². The minimum absolute atomic E-state index is 0.0361. The van der Waals surface area contributed by atoms with Crippen LogP contribution in [0.4, 0.5) is 5.69 Å². The molecule has 4 nitrogen and oxygen atoms in total. The van der Waals surface area contributed by atoms with E-state index in [9.17, 15) is 4.79 Å². The summed E-state index contributed by atoms with van der Waals surface area (Å²) in [6.45, 7) is 5.89. The number of ether oxygens (including phenoxy) is 1. The molecule has 0 spiro atoms. The van der Waals surface area contributed by atoms with E-state index in [1.807, 2.05) is 32.9 Å². The van der Waals surface area contributed by atoms with Crippen molar-refractivity contribution in [3.8, 4) is 0 Å². The summed E-state index contributed by atoms with van der Waals surface area (Å²) in [5.41, 5.74) is 8.30. The SMILES string of the molecule is Cc1cc(I)ccc1NC(=O)C(OC(C)C)[C@H](N)CC1CCCCC1. The zero-order chi connectivity index (χ0) is 18.4. The number of hydrogen-bond donors (Lipinski definition) is 2. The molecule has 2 atom stereocenters. The molecule has 25 heavy (non-hydrogen) atoms. The number of aryl methyl sites for hydroxylation is 1. The number of hydrogen-bond acceptors (Lipinski definition) is 3. The fourth-order valence-electron chi connectivity index (χ4n) is 3.55. The number of carbonyl (C=O) groups excluding carboxylic acids is 1. The highest BCUT2D eigenvalue weighted by Crippen LogP contribution is 2.28. The zero-order valence-corrected chi connectivity index (χ0v) is 17.7. The van der Waals surface area contributed by atoms with Crippen LogP contribution in [0.3, 0.4) is 0 Å². The summed E-state index contributed by atoms with van der Waals surface area (Å²) < 4.78 is 7.06. The predicted molar refractivity (Wildman–Crippen MR) is 112 cm³/mol. The summed E-state index contributed by atoms with van der Waals surface area (Å²) in [5.74, 6) is 0.483. The van der Waals surface area contributed by atoms with Gasteiger partial charge in [0.25, 0.3) is 5.91 Å². The van der Waals surface area contributed by atoms with Crippen molar-refractivity contribution >= 4 is 34.2 Å². The molecule has 1 fully saturated rings. The van der Waals surface area contributed by atoms with Gasteiger partial charge in [-0.15, -0.1) is 0 Å². The van der Waals surface area contributed by atoms with Gasteiger partial charge >= 0.3 is 0 Å². The van der Waals surface area contributed by atoms with Crippen LogP contribution in [0.15, 0.2) is 18.2 Å². The first-order chi connectivity index (χ1) is 11.9. The van der Waals surface area contributed by atoms with Crippen molar-refractivity contribution < 1.29 is 9.53 Å². The second-order valence-electron chi connectivity index (χ2n) is 7.46. The van der Waals surface area contributed by atoms with Gasteiger partial charge in [-0.3, -0.25) is 4.79 Å². The maximum atomic E-state index is 12.9. The van der Waals surface area contributed by atoms with Crippen molar-refractivity contribution in [3.05, 3.63) is 27.3 Å². The number of anilines is 1. The number of benzene rings is 1. The van der Waals surface area contributed by atoms with Crippen LogP contribution in [0.25, 0.3) is 0 Å². The highest BCUT2D eigenvalue weighted by Gasteiger charge is 2.30. The molecule has 140 valence electrons. The molecule has 1 aliphatic carbocycles. The Morgan fingerprint density at radius 2 is 2.00 bits per heavy atom. The summed E-state index contributed by atoms with van der Waals surface area (Å²) in [6.07, 6.45) is 6.54. The van der Waals surface area contributed by atoms with Crippen molar-refractivity contribution in [2.24, 2.45) is 11.7 Å². The molecule has 1 aromatic carbocycles. The average Bonchev–Trinajstić information content (AvgIpc) is 2.55. The molecule has 0 radical (unpaired) electrons. The summed E-state index contributed by atoms with van der Waals surface area (Å²) in [6, 6.07) is 5.71. The predicted octanol–water partition coefficient (Wildman–Crippen LogP) is 4.63. The lowest BCUT2D eigenvalue weighted by Crippen LogP contribution is -2.47. The zero-order valence-electron chi connectivity index (χ0n) is 15.6. The maximum Gasteiger partial charge on any atom is 0.255 e. The van der Waals surface area contributed by atoms with Gasteiger partial charge in [0.2, 0.25) is 0 Å². The number of rotatable bonds is 7. The standard InChI is InChI=1S/C20H31IN2O2/c1-13(2)25-19(17(22)12-15-7-5-4-6-8-15)20(24)23-18-10-9-16(21)11-14(18)3/h9-11,13,15,17,19H,4-8,12,22H2,1-3H3,(H,23,24)/t17-,19?/m1/s1. The first-order valence-electron chi connectivity index (χ1n) is 9.35. The second-order valence-corrected chi connectivity index (χ2v) is 8.70. The third-order valence-corrected chi connectivity index (χ3v) is 5.51. The summed E-state index contributed by atoms with van der Waals surface area (Å²) >= 11 is 2.27. The van der Waals surface area contributed by atoms with Crippen molar-refractivity contribution in [2.45, 2.75) is 77.5 Å². The molecule has 5 heteroatoms. The fourth-order valence-corrected chi connectivity index (χ4v) is 4.20. The molecule has 1 amide bonds. The van der Waals surface area contributed by atoms with E-state index in [2.05, 4.69) is 34.0 Å². The van der Waals surface area contributed by atoms with Gasteiger partial charge in [-0.1, -0.05) is 32.1 Å². The van der Waals surface area contributed by atoms with Crippen molar-refractivity contribution in [3.63, 3.8) is 0 Å². The quantitative estimate of drug-likeness (QED) is 0.586. The van der Waals surface area contributed by atoms with E-state index in [4.69, 9.17) is 10.5 Å². The largest absolute Gasteiger partial charge is 0.364 e. The Morgan fingerprint density at radius 3 is 2.60 bits per heavy atom. The van der Waals surface area contributed by atoms with Gasteiger partial charge in [0.05, 0.1) is 6.10 Å². The van der Waals surface area contributed by atoms with E-state index >= 15 is 0 Å². The molecule has 2 rings (SSSR count). The first kappa shape index (κ1) is 20.6. The van der Waals surface area contributed by atoms with E-state index in [1.54, 1.807) is 0 Å². The van der Waals surface area contributed by atoms with Crippen LogP contribution >= 0.6 is 22.6 Å². The van der Waals surface area contributed by atoms with Gasteiger partial charge in [0.15, 0.2) is 6.10 Å². The number of nitrogens with two attached hydrogens (primary N) is 1. The number of carbonyl (C=O) groups is 1. The van der Waals surface area contributed by atoms with Crippen molar-refractivity contribution in [1.82, 2.24) is 0 Å². The lowest BCUT2D eigenvalue weighted by Gasteiger charge is -2.30. The number of nitrogens with one attached hydrogen (secondary N) is 1. The maximum absolute atomic E-state index is 12.9. The molecular weight excluding hydrogens is 427 g/mol. The van der Waals surface area contributed by atoms with E-state index in [-0.39, 0.29) is 18.1 Å². The van der Waals surface area contributed by atoms with Crippen molar-refractivity contribution in [2.75, 3.05) is 5.32 Å². The van der Waals surface area contributed by atoms with Gasteiger partial charge in [-0.2, -0.15) is 0 Å². The van der Waals surface area contributed by atoms with Crippen LogP contribution in [0, 0.1) is 16.4 Å². The van der Waals surface area contributed by atoms with E-state index in [1.165, 1.54) is 32.1 Å². The third-order valence-electron chi connectivity index (χ3n) is 4.84. The topological polar surface area (TPSA) is 64.3 Å². The van der Waals surface area contributed by atoms with Gasteiger partial charge in [-0.05, 0) is 79.5 Å². The molecule has 0 aliphatic heterocycles. The minimum atomic E-state index is -0.611. The van der Waals surface area contributed by atoms with E-state index in [0.717, 1.165) is 21.2 Å². The monoisotopic (exact) mass is 458 g/mol. The van der Waals surface area contributed by atoms with Gasteiger partial charge in [0.1, 0.15) is 0 Å². The fraction of sp³-hybridized carbons (Fsp3) is 0.650. The van der Waals surface area contributed by atoms with Crippen LogP contribution in [0.5, 0.6) is 0 Å². The van der Waals surface area contributed by atoms with Crippen molar-refractivity contribution in [1.29, 1.82) is 0 Å². The lowest BCUT2D eigenvalue weighted by atomic mass is 9.84. The normalized spacial score (nSPS) is 18.2. The minimum Gasteiger partial charge on any atom is -0.364 e. The molecule has 3 N–H and O–H groups in total.